The van der Waals surface area contributed by atoms with Crippen LogP contribution in [0.15, 0.2) is 36.7 Å². The second kappa shape index (κ2) is 5.58. The van der Waals surface area contributed by atoms with E-state index in [1.807, 2.05) is 12.1 Å². The molecule has 1 aliphatic rings. The number of nitriles is 1. The molecule has 5 nitrogen and oxygen atoms in total. The van der Waals surface area contributed by atoms with E-state index in [9.17, 15) is 4.79 Å². The summed E-state index contributed by atoms with van der Waals surface area (Å²) in [7, 11) is 0. The van der Waals surface area contributed by atoms with Gasteiger partial charge in [0.25, 0.3) is 5.91 Å². The maximum Gasteiger partial charge on any atom is 0.255 e. The molecule has 1 atom stereocenters. The molecule has 21 heavy (non-hydrogen) atoms. The Kier molecular flexibility index (Phi) is 3.63. The van der Waals surface area contributed by atoms with Crippen LogP contribution in [0.4, 0.5) is 0 Å². The maximum atomic E-state index is 12.1. The van der Waals surface area contributed by atoms with Crippen molar-refractivity contribution in [1.29, 1.82) is 5.26 Å². The summed E-state index contributed by atoms with van der Waals surface area (Å²) in [6.45, 7) is 0. The zero-order chi connectivity index (χ0) is 14.8. The van der Waals surface area contributed by atoms with E-state index in [1.54, 1.807) is 23.0 Å². The van der Waals surface area contributed by atoms with Crippen molar-refractivity contribution in [2.75, 3.05) is 0 Å². The summed E-state index contributed by atoms with van der Waals surface area (Å²) in [6.07, 6.45) is 5.11. The Morgan fingerprint density at radius 3 is 3.00 bits per heavy atom. The fourth-order valence-corrected chi connectivity index (χ4v) is 2.29. The van der Waals surface area contributed by atoms with Crippen molar-refractivity contribution in [3.05, 3.63) is 47.2 Å². The number of rotatable bonds is 4. The van der Waals surface area contributed by atoms with Crippen molar-refractivity contribution in [3.63, 3.8) is 0 Å². The van der Waals surface area contributed by atoms with E-state index in [0.717, 1.165) is 18.5 Å². The number of carbonyl (C=O) groups is 1. The molecule has 1 aromatic carbocycles. The van der Waals surface area contributed by atoms with Crippen LogP contribution in [0, 0.1) is 17.2 Å². The van der Waals surface area contributed by atoms with Gasteiger partial charge in [-0.25, -0.2) is 4.68 Å². The van der Waals surface area contributed by atoms with E-state index in [0.29, 0.717) is 16.5 Å². The predicted molar refractivity (Wildman–Crippen MR) is 78.2 cm³/mol. The van der Waals surface area contributed by atoms with E-state index in [2.05, 4.69) is 16.5 Å². The Balaban J connectivity index is 1.75. The maximum absolute atomic E-state index is 12.1. The van der Waals surface area contributed by atoms with Gasteiger partial charge >= 0.3 is 0 Å². The number of halogens is 1. The number of nitrogens with zero attached hydrogens (tertiary/aromatic N) is 3. The molecule has 106 valence electrons. The standard InChI is InChI=1S/C15H13ClN4O/c16-12-2-1-3-13(6-12)20-9-11(8-18-20)15(21)19-14(7-17)10-4-5-10/h1-3,6,8-10,14H,4-5H2,(H,19,21). The van der Waals surface area contributed by atoms with Crippen LogP contribution < -0.4 is 5.32 Å². The largest absolute Gasteiger partial charge is 0.336 e. The van der Waals surface area contributed by atoms with Gasteiger partial charge in [0.1, 0.15) is 6.04 Å². The average Bonchev–Trinajstić information content (AvgIpc) is 3.20. The fraction of sp³-hybridized carbons (Fsp3) is 0.267. The molecule has 1 saturated carbocycles. The minimum Gasteiger partial charge on any atom is -0.336 e. The average molecular weight is 301 g/mol. The first-order valence-electron chi connectivity index (χ1n) is 6.68. The van der Waals surface area contributed by atoms with Crippen molar-refractivity contribution in [3.8, 4) is 11.8 Å². The van der Waals surface area contributed by atoms with Gasteiger partial charge in [-0.05, 0) is 37.0 Å². The molecule has 1 fully saturated rings. The van der Waals surface area contributed by atoms with Crippen molar-refractivity contribution >= 4 is 17.5 Å². The molecule has 0 bridgehead atoms. The summed E-state index contributed by atoms with van der Waals surface area (Å²) in [5, 5.41) is 16.5. The number of carbonyl (C=O) groups excluding carboxylic acids is 1. The van der Waals surface area contributed by atoms with Crippen LogP contribution in [-0.4, -0.2) is 21.7 Å². The highest BCUT2D eigenvalue weighted by Crippen LogP contribution is 2.32. The molecule has 0 aliphatic heterocycles. The number of hydrogen-bond donors (Lipinski definition) is 1. The molecule has 0 radical (unpaired) electrons. The predicted octanol–water partition coefficient (Wildman–Crippen LogP) is 2.56. The van der Waals surface area contributed by atoms with Crippen molar-refractivity contribution in [2.24, 2.45) is 5.92 Å². The second-order valence-electron chi connectivity index (χ2n) is 5.07. The van der Waals surface area contributed by atoms with Gasteiger partial charge in [-0.2, -0.15) is 10.4 Å². The molecule has 1 aromatic heterocycles. The Labute approximate surface area is 127 Å². The smallest absolute Gasteiger partial charge is 0.255 e. The van der Waals surface area contributed by atoms with Crippen molar-refractivity contribution < 1.29 is 4.79 Å². The lowest BCUT2D eigenvalue weighted by Crippen LogP contribution is -2.35. The zero-order valence-corrected chi connectivity index (χ0v) is 11.9. The summed E-state index contributed by atoms with van der Waals surface area (Å²) < 4.78 is 1.58. The van der Waals surface area contributed by atoms with E-state index in [1.165, 1.54) is 6.20 Å². The van der Waals surface area contributed by atoms with Crippen LogP contribution >= 0.6 is 11.6 Å². The lowest BCUT2D eigenvalue weighted by Gasteiger charge is -2.08. The van der Waals surface area contributed by atoms with Gasteiger partial charge in [0.15, 0.2) is 0 Å². The van der Waals surface area contributed by atoms with Crippen LogP contribution in [-0.2, 0) is 0 Å². The molecule has 1 aliphatic carbocycles. The van der Waals surface area contributed by atoms with Crippen molar-refractivity contribution in [2.45, 2.75) is 18.9 Å². The molecule has 0 spiro atoms. The van der Waals surface area contributed by atoms with Crippen LogP contribution in [0.2, 0.25) is 5.02 Å². The highest BCUT2D eigenvalue weighted by atomic mass is 35.5. The molecule has 6 heteroatoms. The number of amides is 1. The fourth-order valence-electron chi connectivity index (χ4n) is 2.11. The lowest BCUT2D eigenvalue weighted by molar-refractivity contribution is 0.0942. The topological polar surface area (TPSA) is 70.7 Å². The molecular formula is C15H13ClN4O. The monoisotopic (exact) mass is 300 g/mol. The van der Waals surface area contributed by atoms with Crippen LogP contribution in [0.5, 0.6) is 0 Å². The minimum absolute atomic E-state index is 0.276. The molecule has 3 rings (SSSR count). The van der Waals surface area contributed by atoms with Gasteiger partial charge in [0, 0.05) is 11.2 Å². The molecule has 2 aromatic rings. The third-order valence-corrected chi connectivity index (χ3v) is 3.67. The summed E-state index contributed by atoms with van der Waals surface area (Å²) in [5.41, 5.74) is 1.21. The molecular weight excluding hydrogens is 288 g/mol. The summed E-state index contributed by atoms with van der Waals surface area (Å²) in [6, 6.07) is 8.93. The summed E-state index contributed by atoms with van der Waals surface area (Å²) in [4.78, 5) is 12.1. The highest BCUT2D eigenvalue weighted by Gasteiger charge is 2.32. The Bertz CT molecular complexity index is 714. The number of benzene rings is 1. The van der Waals surface area contributed by atoms with Gasteiger partial charge in [0.05, 0.1) is 23.5 Å². The molecule has 1 unspecified atom stereocenters. The first-order chi connectivity index (χ1) is 10.2. The van der Waals surface area contributed by atoms with Crippen LogP contribution in [0.3, 0.4) is 0 Å². The Morgan fingerprint density at radius 1 is 1.52 bits per heavy atom. The number of nitrogens with one attached hydrogen (secondary N) is 1. The van der Waals surface area contributed by atoms with E-state index >= 15 is 0 Å². The minimum atomic E-state index is -0.410. The number of aromatic nitrogens is 2. The molecule has 0 saturated heterocycles. The highest BCUT2D eigenvalue weighted by molar-refractivity contribution is 6.30. The molecule has 1 amide bonds. The quantitative estimate of drug-likeness (QED) is 0.943. The molecule has 1 N–H and O–H groups in total. The van der Waals surface area contributed by atoms with Gasteiger partial charge in [-0.15, -0.1) is 0 Å². The van der Waals surface area contributed by atoms with E-state index < -0.39 is 6.04 Å². The number of hydrogen-bond acceptors (Lipinski definition) is 3. The summed E-state index contributed by atoms with van der Waals surface area (Å²) >= 11 is 5.94. The van der Waals surface area contributed by atoms with Gasteiger partial charge in [-0.1, -0.05) is 17.7 Å². The summed E-state index contributed by atoms with van der Waals surface area (Å²) in [5.74, 6) is 0.0173. The van der Waals surface area contributed by atoms with E-state index in [-0.39, 0.29) is 5.91 Å². The third kappa shape index (κ3) is 3.06. The second-order valence-corrected chi connectivity index (χ2v) is 5.51. The normalized spacial score (nSPS) is 15.2. The third-order valence-electron chi connectivity index (χ3n) is 3.44. The lowest BCUT2D eigenvalue weighted by atomic mass is 10.2. The zero-order valence-electron chi connectivity index (χ0n) is 11.2. The van der Waals surface area contributed by atoms with Gasteiger partial charge < -0.3 is 5.32 Å². The Morgan fingerprint density at radius 2 is 2.33 bits per heavy atom. The molecule has 1 heterocycles. The first kappa shape index (κ1) is 13.7. The first-order valence-corrected chi connectivity index (χ1v) is 7.06. The van der Waals surface area contributed by atoms with Crippen molar-refractivity contribution in [1.82, 2.24) is 15.1 Å². The van der Waals surface area contributed by atoms with Gasteiger partial charge in [0.2, 0.25) is 0 Å². The van der Waals surface area contributed by atoms with Gasteiger partial charge in [-0.3, -0.25) is 4.79 Å². The van der Waals surface area contributed by atoms with Crippen LogP contribution in [0.1, 0.15) is 23.2 Å². The SMILES string of the molecule is N#CC(NC(=O)c1cnn(-c2cccc(Cl)c2)c1)C1CC1. The van der Waals surface area contributed by atoms with E-state index in [4.69, 9.17) is 16.9 Å². The Hall–Kier alpha value is -2.32. The van der Waals surface area contributed by atoms with Crippen LogP contribution in [0.25, 0.3) is 5.69 Å².